The van der Waals surface area contributed by atoms with Crippen molar-refractivity contribution < 1.29 is 9.13 Å². The Balaban J connectivity index is 1.99. The lowest BCUT2D eigenvalue weighted by Crippen LogP contribution is -2.06. The van der Waals surface area contributed by atoms with Crippen molar-refractivity contribution >= 4 is 11.6 Å². The van der Waals surface area contributed by atoms with E-state index in [0.717, 1.165) is 5.69 Å². The smallest absolute Gasteiger partial charge is 0.128 e. The maximum atomic E-state index is 13.4. The second kappa shape index (κ2) is 6.97. The van der Waals surface area contributed by atoms with Crippen LogP contribution < -0.4 is 4.74 Å². The van der Waals surface area contributed by atoms with Gasteiger partial charge in [-0.2, -0.15) is 5.10 Å². The molecule has 0 saturated carbocycles. The van der Waals surface area contributed by atoms with Crippen LogP contribution in [-0.2, 0) is 13.5 Å². The monoisotopic (exact) mass is 292 g/mol. The number of ether oxygens (including phenoxy) is 1. The van der Waals surface area contributed by atoms with Gasteiger partial charge in [-0.05, 0) is 18.2 Å². The first-order valence-corrected chi connectivity index (χ1v) is 6.67. The summed E-state index contributed by atoms with van der Waals surface area (Å²) in [6.07, 6.45) is 2.44. The third kappa shape index (κ3) is 4.01. The molecule has 0 atom stereocenters. The van der Waals surface area contributed by atoms with Crippen molar-refractivity contribution in [3.63, 3.8) is 0 Å². The number of benzene rings is 1. The van der Waals surface area contributed by atoms with E-state index in [1.54, 1.807) is 16.9 Å². The first kappa shape index (κ1) is 14.4. The van der Waals surface area contributed by atoms with Crippen molar-refractivity contribution in [2.75, 3.05) is 12.5 Å². The summed E-state index contributed by atoms with van der Waals surface area (Å²) in [4.78, 5) is 0. The van der Waals surface area contributed by atoms with Crippen LogP contribution in [0.15, 0.2) is 30.5 Å². The van der Waals surface area contributed by atoms with Crippen LogP contribution in [0.2, 0.25) is 0 Å². The first-order valence-electron chi connectivity index (χ1n) is 6.14. The topological polar surface area (TPSA) is 27.1 Å². The molecular formula is C15H14ClFN2O. The van der Waals surface area contributed by atoms with Crippen molar-refractivity contribution in [1.82, 2.24) is 9.78 Å². The first-order chi connectivity index (χ1) is 9.69. The fourth-order valence-corrected chi connectivity index (χ4v) is 1.84. The average Bonchev–Trinajstić information content (AvgIpc) is 2.82. The van der Waals surface area contributed by atoms with Gasteiger partial charge in [0.25, 0.3) is 0 Å². The molecule has 1 aromatic carbocycles. The number of nitrogens with zero attached hydrogens (tertiary/aromatic N) is 2. The number of aryl methyl sites for hydroxylation is 1. The van der Waals surface area contributed by atoms with Crippen LogP contribution in [0.4, 0.5) is 4.39 Å². The van der Waals surface area contributed by atoms with Gasteiger partial charge in [-0.3, -0.25) is 4.68 Å². The summed E-state index contributed by atoms with van der Waals surface area (Å²) in [7, 11) is 1.87. The number of aromatic nitrogens is 2. The highest BCUT2D eigenvalue weighted by Crippen LogP contribution is 2.16. The van der Waals surface area contributed by atoms with Crippen LogP contribution in [0.25, 0.3) is 0 Å². The summed E-state index contributed by atoms with van der Waals surface area (Å²) in [6.45, 7) is 0.450. The van der Waals surface area contributed by atoms with Crippen molar-refractivity contribution in [2.24, 2.45) is 7.05 Å². The molecule has 0 saturated heterocycles. The largest absolute Gasteiger partial charge is 0.493 e. The van der Waals surface area contributed by atoms with Crippen LogP contribution in [0.5, 0.6) is 5.75 Å². The standard InChI is InChI=1S/C15H14ClFN2O/c1-19-14(4-7-18-19)5-8-20-15-10-12(3-2-6-16)9-13(17)11-15/h4,7,9-11H,5-6,8H2,1H3. The van der Waals surface area contributed by atoms with Crippen LogP contribution >= 0.6 is 11.6 Å². The second-order valence-electron chi connectivity index (χ2n) is 4.16. The molecule has 0 amide bonds. The zero-order valence-electron chi connectivity index (χ0n) is 11.1. The Morgan fingerprint density at radius 3 is 2.95 bits per heavy atom. The summed E-state index contributed by atoms with van der Waals surface area (Å²) in [5.74, 6) is 5.77. The Kier molecular flexibility index (Phi) is 5.03. The minimum Gasteiger partial charge on any atom is -0.493 e. The third-order valence-corrected chi connectivity index (χ3v) is 2.85. The quantitative estimate of drug-likeness (QED) is 0.640. The molecule has 0 unspecified atom stereocenters. The normalized spacial score (nSPS) is 9.95. The summed E-state index contributed by atoms with van der Waals surface area (Å²) in [5.41, 5.74) is 1.62. The molecule has 0 fully saturated rings. The van der Waals surface area contributed by atoms with Gasteiger partial charge in [0, 0.05) is 37.0 Å². The molecule has 0 aliphatic carbocycles. The number of hydrogen-bond donors (Lipinski definition) is 0. The van der Waals surface area contributed by atoms with Gasteiger partial charge in [-0.15, -0.1) is 11.6 Å². The fourth-order valence-electron chi connectivity index (χ4n) is 1.77. The van der Waals surface area contributed by atoms with E-state index in [1.165, 1.54) is 12.1 Å². The highest BCUT2D eigenvalue weighted by molar-refractivity contribution is 6.19. The van der Waals surface area contributed by atoms with Crippen molar-refractivity contribution in [3.8, 4) is 17.6 Å². The summed E-state index contributed by atoms with van der Waals surface area (Å²) >= 11 is 5.48. The molecule has 20 heavy (non-hydrogen) atoms. The average molecular weight is 293 g/mol. The predicted molar refractivity (Wildman–Crippen MR) is 76.4 cm³/mol. The molecule has 1 aromatic heterocycles. The summed E-state index contributed by atoms with van der Waals surface area (Å²) in [5, 5.41) is 4.07. The number of rotatable bonds is 4. The Morgan fingerprint density at radius 1 is 1.40 bits per heavy atom. The van der Waals surface area contributed by atoms with Gasteiger partial charge < -0.3 is 4.74 Å². The second-order valence-corrected chi connectivity index (χ2v) is 4.42. The molecule has 0 aliphatic heterocycles. The lowest BCUT2D eigenvalue weighted by molar-refractivity contribution is 0.316. The van der Waals surface area contributed by atoms with E-state index < -0.39 is 0 Å². The number of hydrogen-bond acceptors (Lipinski definition) is 2. The van der Waals surface area contributed by atoms with E-state index in [9.17, 15) is 4.39 Å². The summed E-state index contributed by atoms with van der Waals surface area (Å²) < 4.78 is 20.8. The predicted octanol–water partition coefficient (Wildman–Crippen LogP) is 2.77. The minimum atomic E-state index is -0.373. The van der Waals surface area contributed by atoms with Gasteiger partial charge in [0.05, 0.1) is 12.5 Å². The molecule has 1 heterocycles. The highest BCUT2D eigenvalue weighted by Gasteiger charge is 2.02. The number of alkyl halides is 1. The zero-order valence-corrected chi connectivity index (χ0v) is 11.8. The third-order valence-electron chi connectivity index (χ3n) is 2.72. The SMILES string of the molecule is Cn1nccc1CCOc1cc(F)cc(C#CCCl)c1. The van der Waals surface area contributed by atoms with Crippen LogP contribution in [0, 0.1) is 17.7 Å². The molecule has 0 radical (unpaired) electrons. The van der Waals surface area contributed by atoms with E-state index >= 15 is 0 Å². The Labute approximate surface area is 122 Å². The minimum absolute atomic E-state index is 0.215. The Morgan fingerprint density at radius 2 is 2.25 bits per heavy atom. The molecule has 2 rings (SSSR count). The van der Waals surface area contributed by atoms with Crippen molar-refractivity contribution in [1.29, 1.82) is 0 Å². The lowest BCUT2D eigenvalue weighted by atomic mass is 10.2. The molecule has 2 aromatic rings. The molecule has 0 aliphatic rings. The number of halogens is 2. The molecule has 104 valence electrons. The van der Waals surface area contributed by atoms with Gasteiger partial charge in [-0.25, -0.2) is 4.39 Å². The maximum Gasteiger partial charge on any atom is 0.128 e. The van der Waals surface area contributed by atoms with E-state index in [0.29, 0.717) is 24.3 Å². The zero-order chi connectivity index (χ0) is 14.4. The van der Waals surface area contributed by atoms with Crippen LogP contribution in [0.3, 0.4) is 0 Å². The van der Waals surface area contributed by atoms with Crippen LogP contribution in [0.1, 0.15) is 11.3 Å². The van der Waals surface area contributed by atoms with Gasteiger partial charge in [0.2, 0.25) is 0 Å². The summed E-state index contributed by atoms with van der Waals surface area (Å²) in [6, 6.07) is 6.32. The van der Waals surface area contributed by atoms with E-state index in [1.807, 2.05) is 13.1 Å². The Bertz CT molecular complexity index is 643. The van der Waals surface area contributed by atoms with E-state index in [2.05, 4.69) is 16.9 Å². The molecule has 0 N–H and O–H groups in total. The molecule has 3 nitrogen and oxygen atoms in total. The molecule has 0 spiro atoms. The lowest BCUT2D eigenvalue weighted by Gasteiger charge is -2.07. The van der Waals surface area contributed by atoms with Crippen LogP contribution in [-0.4, -0.2) is 22.3 Å². The molecular weight excluding hydrogens is 279 g/mol. The Hall–Kier alpha value is -1.99. The van der Waals surface area contributed by atoms with Gasteiger partial charge in [-0.1, -0.05) is 11.8 Å². The molecule has 0 bridgehead atoms. The molecule has 5 heteroatoms. The van der Waals surface area contributed by atoms with E-state index in [-0.39, 0.29) is 11.7 Å². The van der Waals surface area contributed by atoms with Gasteiger partial charge in [0.15, 0.2) is 0 Å². The van der Waals surface area contributed by atoms with Gasteiger partial charge in [0.1, 0.15) is 11.6 Å². The highest BCUT2D eigenvalue weighted by atomic mass is 35.5. The van der Waals surface area contributed by atoms with Crippen molar-refractivity contribution in [3.05, 3.63) is 47.5 Å². The van der Waals surface area contributed by atoms with E-state index in [4.69, 9.17) is 16.3 Å². The van der Waals surface area contributed by atoms with Crippen molar-refractivity contribution in [2.45, 2.75) is 6.42 Å². The maximum absolute atomic E-state index is 13.4. The van der Waals surface area contributed by atoms with Gasteiger partial charge >= 0.3 is 0 Å². The fraction of sp³-hybridized carbons (Fsp3) is 0.267.